The molecule has 1 aromatic rings. The fraction of sp³-hybridized carbons (Fsp3) is 0.533. The number of amides is 1. The molecular formula is C15H23NO2. The normalized spacial score (nSPS) is 10.7. The molecule has 0 spiro atoms. The van der Waals surface area contributed by atoms with E-state index >= 15 is 0 Å². The molecule has 1 rings (SSSR count). The maximum Gasteiger partial charge on any atom is 0.251 e. The van der Waals surface area contributed by atoms with E-state index in [1.54, 1.807) is 0 Å². The molecular weight excluding hydrogens is 226 g/mol. The second kappa shape index (κ2) is 7.17. The van der Waals surface area contributed by atoms with Gasteiger partial charge in [0.05, 0.1) is 6.10 Å². The van der Waals surface area contributed by atoms with Crippen LogP contribution in [0.5, 0.6) is 0 Å². The first-order chi connectivity index (χ1) is 8.50. The Morgan fingerprint density at radius 3 is 2.72 bits per heavy atom. The summed E-state index contributed by atoms with van der Waals surface area (Å²) in [4.78, 5) is 12.0. The van der Waals surface area contributed by atoms with Gasteiger partial charge in [0.2, 0.25) is 0 Å². The third-order valence-electron chi connectivity index (χ3n) is 2.70. The highest BCUT2D eigenvalue weighted by Crippen LogP contribution is 2.10. The predicted octanol–water partition coefficient (Wildman–Crippen LogP) is 2.85. The fourth-order valence-electron chi connectivity index (χ4n) is 1.67. The Hall–Kier alpha value is -1.35. The molecule has 1 amide bonds. The molecule has 0 unspecified atom stereocenters. The first-order valence-corrected chi connectivity index (χ1v) is 6.47. The molecule has 0 aromatic heterocycles. The number of nitrogens with one attached hydrogen (secondary N) is 1. The number of hydrogen-bond acceptors (Lipinski definition) is 2. The zero-order valence-corrected chi connectivity index (χ0v) is 11.7. The van der Waals surface area contributed by atoms with Gasteiger partial charge in [0.1, 0.15) is 0 Å². The van der Waals surface area contributed by atoms with Crippen molar-refractivity contribution in [1.29, 1.82) is 0 Å². The Kier molecular flexibility index (Phi) is 5.86. The van der Waals surface area contributed by atoms with Crippen LogP contribution >= 0.6 is 0 Å². The molecule has 0 heterocycles. The summed E-state index contributed by atoms with van der Waals surface area (Å²) in [5.41, 5.74) is 2.88. The van der Waals surface area contributed by atoms with Gasteiger partial charge in [-0.3, -0.25) is 4.79 Å². The monoisotopic (exact) mass is 249 g/mol. The lowest BCUT2D eigenvalue weighted by Crippen LogP contribution is -2.26. The maximum absolute atomic E-state index is 12.0. The Morgan fingerprint density at radius 1 is 1.33 bits per heavy atom. The highest BCUT2D eigenvalue weighted by atomic mass is 16.5. The molecule has 0 aliphatic carbocycles. The number of carbonyl (C=O) groups excluding carboxylic acids is 1. The maximum atomic E-state index is 12.0. The SMILES string of the molecule is Cc1ccc(C)c(C(=O)NCCCOC(C)C)c1. The van der Waals surface area contributed by atoms with Gasteiger partial charge >= 0.3 is 0 Å². The van der Waals surface area contributed by atoms with Crippen molar-refractivity contribution in [3.63, 3.8) is 0 Å². The second-order valence-electron chi connectivity index (χ2n) is 4.85. The average molecular weight is 249 g/mol. The third kappa shape index (κ3) is 4.88. The van der Waals surface area contributed by atoms with Crippen molar-refractivity contribution in [2.75, 3.05) is 13.2 Å². The van der Waals surface area contributed by atoms with Gasteiger partial charge in [-0.05, 0) is 45.7 Å². The van der Waals surface area contributed by atoms with Gasteiger partial charge in [-0.1, -0.05) is 17.7 Å². The lowest BCUT2D eigenvalue weighted by Gasteiger charge is -2.10. The van der Waals surface area contributed by atoms with Crippen molar-refractivity contribution < 1.29 is 9.53 Å². The minimum atomic E-state index is 0.000692. The molecule has 0 aliphatic heterocycles. The van der Waals surface area contributed by atoms with E-state index in [-0.39, 0.29) is 12.0 Å². The number of carbonyl (C=O) groups is 1. The Balaban J connectivity index is 2.39. The Morgan fingerprint density at radius 2 is 2.06 bits per heavy atom. The van der Waals surface area contributed by atoms with Crippen molar-refractivity contribution in [3.8, 4) is 0 Å². The number of benzene rings is 1. The molecule has 0 saturated heterocycles. The summed E-state index contributed by atoms with van der Waals surface area (Å²) in [7, 11) is 0. The quantitative estimate of drug-likeness (QED) is 0.787. The molecule has 0 fully saturated rings. The van der Waals surface area contributed by atoms with Crippen LogP contribution in [0.1, 0.15) is 41.8 Å². The van der Waals surface area contributed by atoms with Crippen LogP contribution in [0.2, 0.25) is 0 Å². The van der Waals surface area contributed by atoms with E-state index in [0.717, 1.165) is 23.1 Å². The standard InChI is InChI=1S/C15H23NO2/c1-11(2)18-9-5-8-16-15(17)14-10-12(3)6-7-13(14)4/h6-7,10-11H,5,8-9H2,1-4H3,(H,16,17). The fourth-order valence-corrected chi connectivity index (χ4v) is 1.67. The van der Waals surface area contributed by atoms with Gasteiger partial charge < -0.3 is 10.1 Å². The molecule has 0 saturated carbocycles. The largest absolute Gasteiger partial charge is 0.379 e. The number of hydrogen-bond donors (Lipinski definition) is 1. The van der Waals surface area contributed by atoms with Crippen LogP contribution in [0, 0.1) is 13.8 Å². The topological polar surface area (TPSA) is 38.3 Å². The second-order valence-corrected chi connectivity index (χ2v) is 4.85. The summed E-state index contributed by atoms with van der Waals surface area (Å²) in [6.07, 6.45) is 1.09. The summed E-state index contributed by atoms with van der Waals surface area (Å²) in [5, 5.41) is 2.92. The minimum Gasteiger partial charge on any atom is -0.379 e. The van der Waals surface area contributed by atoms with Gasteiger partial charge in [-0.15, -0.1) is 0 Å². The summed E-state index contributed by atoms with van der Waals surface area (Å²) in [6.45, 7) is 9.30. The molecule has 3 nitrogen and oxygen atoms in total. The molecule has 18 heavy (non-hydrogen) atoms. The van der Waals surface area contributed by atoms with E-state index in [1.807, 2.05) is 45.9 Å². The van der Waals surface area contributed by atoms with Crippen molar-refractivity contribution in [3.05, 3.63) is 34.9 Å². The summed E-state index contributed by atoms with van der Waals surface area (Å²) in [6, 6.07) is 5.92. The highest BCUT2D eigenvalue weighted by molar-refractivity contribution is 5.95. The molecule has 3 heteroatoms. The number of aryl methyl sites for hydroxylation is 2. The van der Waals surface area contributed by atoms with Crippen LogP contribution in [-0.2, 0) is 4.74 Å². The zero-order chi connectivity index (χ0) is 13.5. The van der Waals surface area contributed by atoms with E-state index in [1.165, 1.54) is 0 Å². The molecule has 100 valence electrons. The van der Waals surface area contributed by atoms with E-state index in [4.69, 9.17) is 4.74 Å². The minimum absolute atomic E-state index is 0.000692. The smallest absolute Gasteiger partial charge is 0.251 e. The summed E-state index contributed by atoms with van der Waals surface area (Å²) >= 11 is 0. The Labute approximate surface area is 110 Å². The van der Waals surface area contributed by atoms with E-state index in [2.05, 4.69) is 5.32 Å². The third-order valence-corrected chi connectivity index (χ3v) is 2.70. The number of rotatable bonds is 6. The van der Waals surface area contributed by atoms with Gasteiger partial charge in [0.15, 0.2) is 0 Å². The molecule has 0 radical (unpaired) electrons. The van der Waals surface area contributed by atoms with E-state index in [0.29, 0.717) is 13.2 Å². The Bertz CT molecular complexity index is 399. The average Bonchev–Trinajstić information content (AvgIpc) is 2.31. The van der Waals surface area contributed by atoms with E-state index in [9.17, 15) is 4.79 Å². The van der Waals surface area contributed by atoms with Gasteiger partial charge in [0.25, 0.3) is 5.91 Å². The highest BCUT2D eigenvalue weighted by Gasteiger charge is 2.08. The lowest BCUT2D eigenvalue weighted by atomic mass is 10.1. The van der Waals surface area contributed by atoms with E-state index < -0.39 is 0 Å². The lowest BCUT2D eigenvalue weighted by molar-refractivity contribution is 0.0757. The van der Waals surface area contributed by atoms with Crippen LogP contribution in [0.3, 0.4) is 0 Å². The van der Waals surface area contributed by atoms with Crippen LogP contribution in [0.4, 0.5) is 0 Å². The first kappa shape index (κ1) is 14.7. The van der Waals surface area contributed by atoms with Crippen LogP contribution in [0.25, 0.3) is 0 Å². The molecule has 1 aromatic carbocycles. The van der Waals surface area contributed by atoms with Gasteiger partial charge in [-0.2, -0.15) is 0 Å². The zero-order valence-electron chi connectivity index (χ0n) is 11.7. The van der Waals surface area contributed by atoms with Crippen molar-refractivity contribution in [2.45, 2.75) is 40.2 Å². The van der Waals surface area contributed by atoms with Crippen LogP contribution in [-0.4, -0.2) is 25.2 Å². The van der Waals surface area contributed by atoms with Crippen LogP contribution < -0.4 is 5.32 Å². The van der Waals surface area contributed by atoms with Crippen LogP contribution in [0.15, 0.2) is 18.2 Å². The van der Waals surface area contributed by atoms with Crippen molar-refractivity contribution in [2.24, 2.45) is 0 Å². The van der Waals surface area contributed by atoms with Crippen molar-refractivity contribution >= 4 is 5.91 Å². The molecule has 0 atom stereocenters. The van der Waals surface area contributed by atoms with Gasteiger partial charge in [0, 0.05) is 18.7 Å². The molecule has 0 bridgehead atoms. The molecule has 0 aliphatic rings. The molecule has 1 N–H and O–H groups in total. The summed E-state index contributed by atoms with van der Waals surface area (Å²) < 4.78 is 5.42. The number of ether oxygens (including phenoxy) is 1. The summed E-state index contributed by atoms with van der Waals surface area (Å²) in [5.74, 6) is 0.000692. The van der Waals surface area contributed by atoms with Crippen molar-refractivity contribution in [1.82, 2.24) is 5.32 Å². The predicted molar refractivity (Wildman–Crippen MR) is 74.0 cm³/mol. The first-order valence-electron chi connectivity index (χ1n) is 6.47. The van der Waals surface area contributed by atoms with Gasteiger partial charge in [-0.25, -0.2) is 0 Å².